The maximum absolute atomic E-state index is 12.2. The van der Waals surface area contributed by atoms with Crippen molar-refractivity contribution in [2.45, 2.75) is 25.4 Å². The summed E-state index contributed by atoms with van der Waals surface area (Å²) >= 11 is 0. The fourth-order valence-corrected chi connectivity index (χ4v) is 3.83. The summed E-state index contributed by atoms with van der Waals surface area (Å²) in [5, 5.41) is 1.22. The standard InChI is InChI=1S/C22H22N2O/c1-16(17-8-4-3-5-9-17)24-13-12-19(25)15-22(24)21-14-18-10-6-7-11-20(18)23(21)2/h3-14,16,22H,15H2,1-2H3/t16-,22+/m0/s1. The topological polar surface area (TPSA) is 25.2 Å². The highest BCUT2D eigenvalue weighted by molar-refractivity contribution is 5.91. The molecule has 2 heterocycles. The summed E-state index contributed by atoms with van der Waals surface area (Å²) < 4.78 is 2.22. The third-order valence-electron chi connectivity index (χ3n) is 5.25. The van der Waals surface area contributed by atoms with Crippen LogP contribution in [0.15, 0.2) is 72.9 Å². The molecule has 0 unspecified atom stereocenters. The first-order valence-electron chi connectivity index (χ1n) is 8.73. The van der Waals surface area contributed by atoms with Gasteiger partial charge in [0.25, 0.3) is 0 Å². The molecular formula is C22H22N2O. The molecule has 3 aromatic rings. The second-order valence-electron chi connectivity index (χ2n) is 6.72. The number of allylic oxidation sites excluding steroid dienone is 1. The van der Waals surface area contributed by atoms with Gasteiger partial charge in [0.1, 0.15) is 0 Å². The first kappa shape index (κ1) is 15.7. The zero-order valence-electron chi connectivity index (χ0n) is 14.6. The number of benzene rings is 2. The highest BCUT2D eigenvalue weighted by Crippen LogP contribution is 2.37. The Morgan fingerprint density at radius 2 is 1.76 bits per heavy atom. The van der Waals surface area contributed by atoms with E-state index in [2.05, 4.69) is 78.0 Å². The quantitative estimate of drug-likeness (QED) is 0.691. The van der Waals surface area contributed by atoms with Gasteiger partial charge in [-0.1, -0.05) is 48.5 Å². The number of aromatic nitrogens is 1. The Kier molecular flexibility index (Phi) is 3.92. The van der Waals surface area contributed by atoms with E-state index in [1.165, 1.54) is 22.2 Å². The number of carbonyl (C=O) groups excluding carboxylic acids is 1. The highest BCUT2D eigenvalue weighted by Gasteiger charge is 2.30. The van der Waals surface area contributed by atoms with E-state index < -0.39 is 0 Å². The zero-order valence-corrected chi connectivity index (χ0v) is 14.6. The van der Waals surface area contributed by atoms with Crippen LogP contribution in [0.5, 0.6) is 0 Å². The predicted molar refractivity (Wildman–Crippen MR) is 101 cm³/mol. The van der Waals surface area contributed by atoms with E-state index in [4.69, 9.17) is 0 Å². The minimum Gasteiger partial charge on any atom is -0.362 e. The smallest absolute Gasteiger partial charge is 0.159 e. The second-order valence-corrected chi connectivity index (χ2v) is 6.72. The molecule has 0 saturated heterocycles. The molecule has 4 rings (SSSR count). The Morgan fingerprint density at radius 1 is 1.04 bits per heavy atom. The van der Waals surface area contributed by atoms with E-state index in [1.54, 1.807) is 6.08 Å². The van der Waals surface area contributed by atoms with E-state index in [0.29, 0.717) is 6.42 Å². The molecule has 1 aliphatic heterocycles. The minimum absolute atomic E-state index is 0.0464. The number of para-hydroxylation sites is 1. The number of aryl methyl sites for hydroxylation is 1. The lowest BCUT2D eigenvalue weighted by Crippen LogP contribution is -2.32. The van der Waals surface area contributed by atoms with Gasteiger partial charge in [0.15, 0.2) is 5.78 Å². The average Bonchev–Trinajstić information content (AvgIpc) is 2.99. The average molecular weight is 330 g/mol. The molecule has 0 bridgehead atoms. The maximum atomic E-state index is 12.2. The van der Waals surface area contributed by atoms with E-state index >= 15 is 0 Å². The molecule has 1 aromatic heterocycles. The van der Waals surface area contributed by atoms with Crippen LogP contribution in [0.25, 0.3) is 10.9 Å². The van der Waals surface area contributed by atoms with Gasteiger partial charge in [-0.15, -0.1) is 0 Å². The number of carbonyl (C=O) groups is 1. The molecule has 0 fully saturated rings. The lowest BCUT2D eigenvalue weighted by atomic mass is 9.97. The van der Waals surface area contributed by atoms with Gasteiger partial charge in [0, 0.05) is 30.9 Å². The molecule has 3 heteroatoms. The van der Waals surface area contributed by atoms with Crippen LogP contribution in [0.2, 0.25) is 0 Å². The van der Waals surface area contributed by atoms with E-state index in [0.717, 1.165) is 0 Å². The summed E-state index contributed by atoms with van der Waals surface area (Å²) in [4.78, 5) is 14.5. The largest absolute Gasteiger partial charge is 0.362 e. The summed E-state index contributed by atoms with van der Waals surface area (Å²) in [5.74, 6) is 0.187. The van der Waals surface area contributed by atoms with Crippen molar-refractivity contribution < 1.29 is 4.79 Å². The summed E-state index contributed by atoms with van der Waals surface area (Å²) in [6.07, 6.45) is 4.18. The fourth-order valence-electron chi connectivity index (χ4n) is 3.83. The zero-order chi connectivity index (χ0) is 17.4. The van der Waals surface area contributed by atoms with Crippen molar-refractivity contribution in [1.82, 2.24) is 9.47 Å². The van der Waals surface area contributed by atoms with Crippen molar-refractivity contribution in [3.05, 3.63) is 84.2 Å². The number of nitrogens with zero attached hydrogens (tertiary/aromatic N) is 2. The third-order valence-corrected chi connectivity index (χ3v) is 5.25. The Morgan fingerprint density at radius 3 is 2.52 bits per heavy atom. The van der Waals surface area contributed by atoms with Gasteiger partial charge in [-0.05, 0) is 36.1 Å². The van der Waals surface area contributed by atoms with Crippen molar-refractivity contribution in [3.8, 4) is 0 Å². The Labute approximate surface area is 148 Å². The summed E-state index contributed by atoms with van der Waals surface area (Å²) in [6.45, 7) is 2.20. The number of fused-ring (bicyclic) bond motifs is 1. The van der Waals surface area contributed by atoms with Crippen LogP contribution >= 0.6 is 0 Å². The number of rotatable bonds is 3. The van der Waals surface area contributed by atoms with Gasteiger partial charge in [-0.3, -0.25) is 4.79 Å². The molecule has 0 saturated carbocycles. The molecule has 1 aliphatic rings. The molecule has 126 valence electrons. The van der Waals surface area contributed by atoms with Crippen molar-refractivity contribution >= 4 is 16.7 Å². The summed E-state index contributed by atoms with van der Waals surface area (Å²) in [5.41, 5.74) is 3.64. The van der Waals surface area contributed by atoms with Crippen LogP contribution in [-0.4, -0.2) is 15.3 Å². The Balaban J connectivity index is 1.78. The SMILES string of the molecule is C[C@@H](c1ccccc1)N1C=CC(=O)C[C@@H]1c1cc2ccccc2n1C. The number of hydrogen-bond acceptors (Lipinski definition) is 2. The molecule has 0 N–H and O–H groups in total. The molecule has 3 nitrogen and oxygen atoms in total. The maximum Gasteiger partial charge on any atom is 0.159 e. The molecule has 0 amide bonds. The van der Waals surface area contributed by atoms with Crippen molar-refractivity contribution in [3.63, 3.8) is 0 Å². The third kappa shape index (κ3) is 2.76. The van der Waals surface area contributed by atoms with Gasteiger partial charge >= 0.3 is 0 Å². The Hall–Kier alpha value is -2.81. The van der Waals surface area contributed by atoms with Crippen LogP contribution in [0, 0.1) is 0 Å². The number of hydrogen-bond donors (Lipinski definition) is 0. The monoisotopic (exact) mass is 330 g/mol. The van der Waals surface area contributed by atoms with Crippen molar-refractivity contribution in [2.24, 2.45) is 7.05 Å². The molecule has 2 atom stereocenters. The minimum atomic E-state index is 0.0464. The lowest BCUT2D eigenvalue weighted by molar-refractivity contribution is -0.116. The first-order chi connectivity index (χ1) is 12.1. The molecule has 2 aromatic carbocycles. The predicted octanol–water partition coefficient (Wildman–Crippen LogP) is 4.77. The van der Waals surface area contributed by atoms with Crippen molar-refractivity contribution in [1.29, 1.82) is 0 Å². The second kappa shape index (κ2) is 6.25. The van der Waals surface area contributed by atoms with Gasteiger partial charge in [-0.2, -0.15) is 0 Å². The molecule has 0 aliphatic carbocycles. The van der Waals surface area contributed by atoms with Crippen LogP contribution in [0.1, 0.15) is 36.7 Å². The van der Waals surface area contributed by atoms with E-state index in [-0.39, 0.29) is 17.9 Å². The van der Waals surface area contributed by atoms with Crippen molar-refractivity contribution in [2.75, 3.05) is 0 Å². The molecule has 25 heavy (non-hydrogen) atoms. The fraction of sp³-hybridized carbons (Fsp3) is 0.227. The van der Waals surface area contributed by atoms with Gasteiger partial charge in [0.05, 0.1) is 12.1 Å². The highest BCUT2D eigenvalue weighted by atomic mass is 16.1. The Bertz CT molecular complexity index is 939. The first-order valence-corrected chi connectivity index (χ1v) is 8.73. The summed E-state index contributed by atoms with van der Waals surface area (Å²) in [6, 6.07) is 21.3. The number of ketones is 1. The van der Waals surface area contributed by atoms with E-state index in [9.17, 15) is 4.79 Å². The van der Waals surface area contributed by atoms with Crippen LogP contribution < -0.4 is 0 Å². The van der Waals surface area contributed by atoms with Crippen LogP contribution in [-0.2, 0) is 11.8 Å². The summed E-state index contributed by atoms with van der Waals surface area (Å²) in [7, 11) is 2.09. The van der Waals surface area contributed by atoms with Gasteiger partial charge < -0.3 is 9.47 Å². The molecule has 0 spiro atoms. The van der Waals surface area contributed by atoms with Gasteiger partial charge in [-0.25, -0.2) is 0 Å². The van der Waals surface area contributed by atoms with Crippen LogP contribution in [0.3, 0.4) is 0 Å². The van der Waals surface area contributed by atoms with Crippen LogP contribution in [0.4, 0.5) is 0 Å². The van der Waals surface area contributed by atoms with Gasteiger partial charge in [0.2, 0.25) is 0 Å². The molecular weight excluding hydrogens is 308 g/mol. The molecule has 0 radical (unpaired) electrons. The van der Waals surface area contributed by atoms with E-state index in [1.807, 2.05) is 12.3 Å². The lowest BCUT2D eigenvalue weighted by Gasteiger charge is -2.38. The normalized spacial score (nSPS) is 18.7.